The van der Waals surface area contributed by atoms with E-state index in [0.29, 0.717) is 12.5 Å². The van der Waals surface area contributed by atoms with Crippen molar-refractivity contribution in [3.8, 4) is 0 Å². The van der Waals surface area contributed by atoms with Crippen molar-refractivity contribution in [2.75, 3.05) is 24.5 Å². The zero-order valence-corrected chi connectivity index (χ0v) is 16.0. The number of rotatable bonds is 4. The van der Waals surface area contributed by atoms with E-state index in [1.165, 1.54) is 5.69 Å². The molecule has 2 aromatic rings. The lowest BCUT2D eigenvalue weighted by Crippen LogP contribution is -2.45. The van der Waals surface area contributed by atoms with Crippen molar-refractivity contribution in [2.45, 2.75) is 57.8 Å². The minimum atomic E-state index is -0.470. The van der Waals surface area contributed by atoms with Crippen LogP contribution in [0.3, 0.4) is 0 Å². The SMILES string of the molecule is CCC(O)c1cc2n(n1)CCCN(C1CCN(c3ccccc3F)CC1)C2. The number of para-hydroxylation sites is 1. The van der Waals surface area contributed by atoms with Gasteiger partial charge in [0.2, 0.25) is 0 Å². The maximum Gasteiger partial charge on any atom is 0.146 e. The van der Waals surface area contributed by atoms with Crippen molar-refractivity contribution in [1.29, 1.82) is 0 Å². The van der Waals surface area contributed by atoms with Crippen molar-refractivity contribution in [1.82, 2.24) is 14.7 Å². The highest BCUT2D eigenvalue weighted by Gasteiger charge is 2.28. The predicted octanol–water partition coefficient (Wildman–Crippen LogP) is 3.34. The number of nitrogens with zero attached hydrogens (tertiary/aromatic N) is 4. The molecule has 2 aliphatic rings. The van der Waals surface area contributed by atoms with Crippen LogP contribution in [-0.2, 0) is 13.1 Å². The number of hydrogen-bond donors (Lipinski definition) is 1. The van der Waals surface area contributed by atoms with E-state index in [1.54, 1.807) is 12.1 Å². The van der Waals surface area contributed by atoms with Crippen LogP contribution in [0.5, 0.6) is 0 Å². The summed E-state index contributed by atoms with van der Waals surface area (Å²) in [5.41, 5.74) is 2.72. The van der Waals surface area contributed by atoms with E-state index >= 15 is 0 Å². The Kier molecular flexibility index (Phi) is 5.45. The lowest BCUT2D eigenvalue weighted by Gasteiger charge is -2.39. The Morgan fingerprint density at radius 3 is 2.70 bits per heavy atom. The molecule has 0 radical (unpaired) electrons. The van der Waals surface area contributed by atoms with E-state index < -0.39 is 6.10 Å². The molecule has 0 aliphatic carbocycles. The van der Waals surface area contributed by atoms with Gasteiger partial charge in [0.25, 0.3) is 0 Å². The van der Waals surface area contributed by atoms with Gasteiger partial charge in [0, 0.05) is 38.8 Å². The summed E-state index contributed by atoms with van der Waals surface area (Å²) in [4.78, 5) is 4.73. The summed E-state index contributed by atoms with van der Waals surface area (Å²) in [6, 6.07) is 9.66. The fraction of sp³-hybridized carbons (Fsp3) is 0.571. The molecule has 6 heteroatoms. The monoisotopic (exact) mass is 372 g/mol. The number of hydrogen-bond acceptors (Lipinski definition) is 4. The second-order valence-electron chi connectivity index (χ2n) is 7.70. The van der Waals surface area contributed by atoms with Gasteiger partial charge in [0.15, 0.2) is 0 Å². The van der Waals surface area contributed by atoms with Crippen LogP contribution < -0.4 is 4.90 Å². The van der Waals surface area contributed by atoms with Crippen molar-refractivity contribution in [3.05, 3.63) is 47.5 Å². The third-order valence-electron chi connectivity index (χ3n) is 5.96. The summed E-state index contributed by atoms with van der Waals surface area (Å²) in [7, 11) is 0. The van der Waals surface area contributed by atoms with Crippen molar-refractivity contribution < 1.29 is 9.50 Å². The molecule has 1 fully saturated rings. The zero-order chi connectivity index (χ0) is 18.8. The third kappa shape index (κ3) is 3.87. The highest BCUT2D eigenvalue weighted by Crippen LogP contribution is 2.27. The normalized spacial score (nSPS) is 20.3. The standard InChI is InChI=1S/C21H29FN4O/c1-2-21(27)19-14-17-15-25(10-5-11-26(17)23-19)16-8-12-24(13-9-16)20-7-4-3-6-18(20)22/h3-4,6-7,14,16,21,27H,2,5,8-13,15H2,1H3. The van der Waals surface area contributed by atoms with E-state index in [4.69, 9.17) is 0 Å². The van der Waals surface area contributed by atoms with Crippen LogP contribution in [0.4, 0.5) is 10.1 Å². The first-order valence-corrected chi connectivity index (χ1v) is 10.1. The van der Waals surface area contributed by atoms with Gasteiger partial charge in [-0.15, -0.1) is 0 Å². The number of halogens is 1. The molecule has 0 saturated carbocycles. The van der Waals surface area contributed by atoms with Gasteiger partial charge in [-0.25, -0.2) is 4.39 Å². The Bertz CT molecular complexity index is 769. The molecule has 2 aliphatic heterocycles. The molecule has 146 valence electrons. The van der Waals surface area contributed by atoms with E-state index in [1.807, 2.05) is 19.1 Å². The van der Waals surface area contributed by atoms with Gasteiger partial charge in [-0.05, 0) is 43.9 Å². The maximum absolute atomic E-state index is 14.1. The zero-order valence-electron chi connectivity index (χ0n) is 16.0. The molecule has 4 rings (SSSR count). The molecule has 1 aromatic heterocycles. The first-order chi connectivity index (χ1) is 13.2. The molecular weight excluding hydrogens is 343 g/mol. The third-order valence-corrected chi connectivity index (χ3v) is 5.96. The maximum atomic E-state index is 14.1. The molecule has 0 amide bonds. The molecule has 27 heavy (non-hydrogen) atoms. The summed E-state index contributed by atoms with van der Waals surface area (Å²) in [6.07, 6.45) is 3.39. The van der Waals surface area contributed by atoms with Gasteiger partial charge >= 0.3 is 0 Å². The van der Waals surface area contributed by atoms with Gasteiger partial charge < -0.3 is 10.0 Å². The van der Waals surface area contributed by atoms with Crippen LogP contribution in [0.15, 0.2) is 30.3 Å². The van der Waals surface area contributed by atoms with Crippen molar-refractivity contribution in [2.24, 2.45) is 0 Å². The first kappa shape index (κ1) is 18.4. The molecule has 1 atom stereocenters. The van der Waals surface area contributed by atoms with Gasteiger partial charge in [0.05, 0.1) is 23.2 Å². The minimum absolute atomic E-state index is 0.128. The average molecular weight is 372 g/mol. The summed E-state index contributed by atoms with van der Waals surface area (Å²) in [5, 5.41) is 14.7. The highest BCUT2D eigenvalue weighted by molar-refractivity contribution is 5.47. The molecule has 1 N–H and O–H groups in total. The number of aryl methyl sites for hydroxylation is 1. The van der Waals surface area contributed by atoms with Crippen molar-refractivity contribution >= 4 is 5.69 Å². The quantitative estimate of drug-likeness (QED) is 0.894. The molecule has 1 aromatic carbocycles. The number of benzene rings is 1. The largest absolute Gasteiger partial charge is 0.387 e. The van der Waals surface area contributed by atoms with E-state index in [0.717, 1.165) is 63.4 Å². The Labute approximate surface area is 160 Å². The fourth-order valence-electron chi connectivity index (χ4n) is 4.37. The Morgan fingerprint density at radius 2 is 1.96 bits per heavy atom. The second-order valence-corrected chi connectivity index (χ2v) is 7.70. The lowest BCUT2D eigenvalue weighted by molar-refractivity contribution is 0.161. The lowest BCUT2D eigenvalue weighted by atomic mass is 10.0. The smallest absolute Gasteiger partial charge is 0.146 e. The summed E-state index contributed by atoms with van der Waals surface area (Å²) in [6.45, 7) is 6.62. The molecule has 1 saturated heterocycles. The molecule has 1 unspecified atom stereocenters. The van der Waals surface area contributed by atoms with E-state index in [9.17, 15) is 9.50 Å². The number of aliphatic hydroxyl groups excluding tert-OH is 1. The first-order valence-electron chi connectivity index (χ1n) is 10.1. The summed E-state index contributed by atoms with van der Waals surface area (Å²) < 4.78 is 16.1. The summed E-state index contributed by atoms with van der Waals surface area (Å²) >= 11 is 0. The Balaban J connectivity index is 1.41. The van der Waals surface area contributed by atoms with Crippen LogP contribution in [0.2, 0.25) is 0 Å². The number of piperidine rings is 1. The predicted molar refractivity (Wildman–Crippen MR) is 104 cm³/mol. The van der Waals surface area contributed by atoms with Crippen LogP contribution in [-0.4, -0.2) is 45.5 Å². The van der Waals surface area contributed by atoms with Gasteiger partial charge in [-0.2, -0.15) is 5.10 Å². The van der Waals surface area contributed by atoms with Crippen LogP contribution in [0.25, 0.3) is 0 Å². The van der Waals surface area contributed by atoms with E-state index in [2.05, 4.69) is 25.6 Å². The van der Waals surface area contributed by atoms with Crippen LogP contribution in [0.1, 0.15) is 50.1 Å². The fourth-order valence-corrected chi connectivity index (χ4v) is 4.37. The average Bonchev–Trinajstić information content (AvgIpc) is 2.99. The number of fused-ring (bicyclic) bond motifs is 1. The van der Waals surface area contributed by atoms with Crippen LogP contribution in [0, 0.1) is 5.82 Å². The highest BCUT2D eigenvalue weighted by atomic mass is 19.1. The van der Waals surface area contributed by atoms with Gasteiger partial charge in [-0.1, -0.05) is 19.1 Å². The van der Waals surface area contributed by atoms with Gasteiger partial charge in [-0.3, -0.25) is 9.58 Å². The number of anilines is 1. The Hall–Kier alpha value is -1.92. The number of aliphatic hydroxyl groups is 1. The molecule has 0 bridgehead atoms. The van der Waals surface area contributed by atoms with E-state index in [-0.39, 0.29) is 5.82 Å². The molecular formula is C21H29FN4O. The minimum Gasteiger partial charge on any atom is -0.387 e. The van der Waals surface area contributed by atoms with Crippen molar-refractivity contribution in [3.63, 3.8) is 0 Å². The second kappa shape index (κ2) is 7.98. The topological polar surface area (TPSA) is 44.5 Å². The Morgan fingerprint density at radius 1 is 1.19 bits per heavy atom. The van der Waals surface area contributed by atoms with Crippen LogP contribution >= 0.6 is 0 Å². The summed E-state index contributed by atoms with van der Waals surface area (Å²) in [5.74, 6) is -0.128. The van der Waals surface area contributed by atoms with Gasteiger partial charge in [0.1, 0.15) is 5.82 Å². The number of aromatic nitrogens is 2. The molecule has 5 nitrogen and oxygen atoms in total. The molecule has 0 spiro atoms. The molecule has 3 heterocycles.